The van der Waals surface area contributed by atoms with Gasteiger partial charge in [0.2, 0.25) is 0 Å². The summed E-state index contributed by atoms with van der Waals surface area (Å²) in [6.07, 6.45) is 2.51. The van der Waals surface area contributed by atoms with Crippen LogP contribution in [-0.2, 0) is 0 Å². The summed E-state index contributed by atoms with van der Waals surface area (Å²) in [5.74, 6) is 0. The zero-order valence-corrected chi connectivity index (χ0v) is 12.3. The third-order valence-corrected chi connectivity index (χ3v) is 6.05. The van der Waals surface area contributed by atoms with Crippen LogP contribution in [0.25, 0.3) is 5.57 Å². The zero-order valence-electron chi connectivity index (χ0n) is 11.3. The van der Waals surface area contributed by atoms with Crippen LogP contribution in [0.1, 0.15) is 34.7 Å². The molecule has 0 bridgehead atoms. The van der Waals surface area contributed by atoms with Gasteiger partial charge in [-0.15, -0.1) is 0 Å². The maximum absolute atomic E-state index is 2.51. The van der Waals surface area contributed by atoms with E-state index >= 15 is 0 Å². The first-order valence-electron chi connectivity index (χ1n) is 6.11. The molecule has 0 saturated heterocycles. The standard InChI is InChI=1S/C15H22Si/c1-10-7-8-11(2)15-13(16(4,5)6)9-12(3)14(10)15/h7-9,13H,1-6H3. The summed E-state index contributed by atoms with van der Waals surface area (Å²) in [6, 6.07) is 4.55. The van der Waals surface area contributed by atoms with Gasteiger partial charge in [-0.3, -0.25) is 0 Å². The normalized spacial score (nSPS) is 19.6. The van der Waals surface area contributed by atoms with E-state index in [1.807, 2.05) is 0 Å². The Morgan fingerprint density at radius 3 is 2.06 bits per heavy atom. The van der Waals surface area contributed by atoms with Gasteiger partial charge in [0.05, 0.1) is 8.07 Å². The Bertz CT molecular complexity index is 461. The smallest absolute Gasteiger partial charge is 0.0566 e. The first-order valence-corrected chi connectivity index (χ1v) is 9.69. The minimum absolute atomic E-state index is 0.711. The number of aryl methyl sites for hydroxylation is 2. The molecule has 1 aliphatic carbocycles. The second kappa shape index (κ2) is 3.59. The van der Waals surface area contributed by atoms with Crippen LogP contribution in [0.4, 0.5) is 0 Å². The summed E-state index contributed by atoms with van der Waals surface area (Å²) in [6.45, 7) is 14.2. The second-order valence-corrected chi connectivity index (χ2v) is 11.5. The van der Waals surface area contributed by atoms with Gasteiger partial charge in [-0.1, -0.05) is 37.8 Å². The number of allylic oxidation sites excluding steroid dienone is 2. The summed E-state index contributed by atoms with van der Waals surface area (Å²) >= 11 is 0. The van der Waals surface area contributed by atoms with E-state index < -0.39 is 8.07 Å². The highest BCUT2D eigenvalue weighted by atomic mass is 28.3. The van der Waals surface area contributed by atoms with Crippen LogP contribution in [0, 0.1) is 13.8 Å². The van der Waals surface area contributed by atoms with Gasteiger partial charge >= 0.3 is 0 Å². The molecule has 0 amide bonds. The summed E-state index contributed by atoms with van der Waals surface area (Å²) in [5, 5.41) is 0. The van der Waals surface area contributed by atoms with Crippen LogP contribution in [0.2, 0.25) is 19.6 Å². The summed E-state index contributed by atoms with van der Waals surface area (Å²) in [7, 11) is -1.15. The Morgan fingerprint density at radius 2 is 1.50 bits per heavy atom. The lowest BCUT2D eigenvalue weighted by molar-refractivity contribution is 1.12. The third-order valence-electron chi connectivity index (χ3n) is 3.73. The van der Waals surface area contributed by atoms with Crippen molar-refractivity contribution in [1.29, 1.82) is 0 Å². The molecule has 0 spiro atoms. The van der Waals surface area contributed by atoms with Crippen molar-refractivity contribution in [3.8, 4) is 0 Å². The molecule has 0 aromatic heterocycles. The molecular formula is C15H22Si. The van der Waals surface area contributed by atoms with Gasteiger partial charge in [0.25, 0.3) is 0 Å². The molecule has 0 heterocycles. The number of benzene rings is 1. The number of hydrogen-bond acceptors (Lipinski definition) is 0. The Labute approximate surface area is 100 Å². The molecule has 0 saturated carbocycles. The minimum Gasteiger partial charge on any atom is -0.0762 e. The van der Waals surface area contributed by atoms with Crippen LogP contribution in [0.15, 0.2) is 18.2 Å². The van der Waals surface area contributed by atoms with E-state index in [9.17, 15) is 0 Å². The van der Waals surface area contributed by atoms with Crippen molar-refractivity contribution >= 4 is 13.6 Å². The molecule has 1 unspecified atom stereocenters. The molecule has 1 aromatic carbocycles. The van der Waals surface area contributed by atoms with Crippen molar-refractivity contribution in [3.05, 3.63) is 40.5 Å². The minimum atomic E-state index is -1.15. The molecule has 0 fully saturated rings. The first kappa shape index (κ1) is 11.7. The van der Waals surface area contributed by atoms with Gasteiger partial charge in [0.15, 0.2) is 0 Å². The van der Waals surface area contributed by atoms with Gasteiger partial charge in [0, 0.05) is 0 Å². The molecule has 2 rings (SSSR count). The van der Waals surface area contributed by atoms with Crippen molar-refractivity contribution in [3.63, 3.8) is 0 Å². The molecule has 1 heteroatoms. The Balaban J connectivity index is 2.68. The maximum atomic E-state index is 2.51. The second-order valence-electron chi connectivity index (χ2n) is 6.18. The molecule has 1 aliphatic rings. The van der Waals surface area contributed by atoms with Crippen LogP contribution >= 0.6 is 0 Å². The van der Waals surface area contributed by atoms with Crippen molar-refractivity contribution in [2.24, 2.45) is 0 Å². The highest BCUT2D eigenvalue weighted by molar-refractivity contribution is 6.78. The number of rotatable bonds is 1. The highest BCUT2D eigenvalue weighted by Crippen LogP contribution is 2.43. The fourth-order valence-electron chi connectivity index (χ4n) is 2.86. The van der Waals surface area contributed by atoms with E-state index in [1.54, 1.807) is 5.56 Å². The van der Waals surface area contributed by atoms with E-state index in [4.69, 9.17) is 0 Å². The van der Waals surface area contributed by atoms with Crippen LogP contribution in [-0.4, -0.2) is 8.07 Å². The van der Waals surface area contributed by atoms with Gasteiger partial charge in [0.1, 0.15) is 0 Å². The lowest BCUT2D eigenvalue weighted by atomic mass is 9.97. The highest BCUT2D eigenvalue weighted by Gasteiger charge is 2.33. The molecule has 0 nitrogen and oxygen atoms in total. The van der Waals surface area contributed by atoms with Crippen LogP contribution in [0.3, 0.4) is 0 Å². The van der Waals surface area contributed by atoms with Gasteiger partial charge in [-0.25, -0.2) is 0 Å². The van der Waals surface area contributed by atoms with E-state index in [-0.39, 0.29) is 0 Å². The molecule has 0 aliphatic heterocycles. The monoisotopic (exact) mass is 230 g/mol. The zero-order chi connectivity index (χ0) is 12.1. The molecule has 1 aromatic rings. The molecule has 0 radical (unpaired) electrons. The fraction of sp³-hybridized carbons (Fsp3) is 0.467. The number of fused-ring (bicyclic) bond motifs is 1. The van der Waals surface area contributed by atoms with E-state index in [0.717, 1.165) is 0 Å². The maximum Gasteiger partial charge on any atom is 0.0566 e. The molecular weight excluding hydrogens is 208 g/mol. The first-order chi connectivity index (χ1) is 7.32. The van der Waals surface area contributed by atoms with Crippen LogP contribution < -0.4 is 0 Å². The van der Waals surface area contributed by atoms with Gasteiger partial charge in [-0.05, 0) is 54.1 Å². The Hall–Kier alpha value is -0.823. The molecule has 0 N–H and O–H groups in total. The summed E-state index contributed by atoms with van der Waals surface area (Å²) < 4.78 is 0. The molecule has 86 valence electrons. The van der Waals surface area contributed by atoms with Gasteiger partial charge < -0.3 is 0 Å². The largest absolute Gasteiger partial charge is 0.0762 e. The summed E-state index contributed by atoms with van der Waals surface area (Å²) in [5.41, 5.74) is 8.27. The summed E-state index contributed by atoms with van der Waals surface area (Å²) in [4.78, 5) is 0. The topological polar surface area (TPSA) is 0 Å². The van der Waals surface area contributed by atoms with E-state index in [1.165, 1.54) is 22.3 Å². The fourth-order valence-corrected chi connectivity index (χ4v) is 4.84. The Kier molecular flexibility index (Phi) is 2.62. The van der Waals surface area contributed by atoms with E-state index in [0.29, 0.717) is 5.54 Å². The predicted molar refractivity (Wildman–Crippen MR) is 75.7 cm³/mol. The predicted octanol–water partition coefficient (Wildman–Crippen LogP) is 4.68. The van der Waals surface area contributed by atoms with Crippen LogP contribution in [0.5, 0.6) is 0 Å². The van der Waals surface area contributed by atoms with E-state index in [2.05, 4.69) is 58.6 Å². The van der Waals surface area contributed by atoms with Crippen molar-refractivity contribution in [1.82, 2.24) is 0 Å². The van der Waals surface area contributed by atoms with Crippen molar-refractivity contribution in [2.45, 2.75) is 46.0 Å². The molecule has 16 heavy (non-hydrogen) atoms. The SMILES string of the molecule is CC1=CC([Si](C)(C)C)c2c(C)ccc(C)c21. The average molecular weight is 230 g/mol. The Morgan fingerprint density at radius 1 is 0.938 bits per heavy atom. The van der Waals surface area contributed by atoms with Crippen molar-refractivity contribution < 1.29 is 0 Å². The molecule has 1 atom stereocenters. The lowest BCUT2D eigenvalue weighted by Crippen LogP contribution is -2.29. The number of hydrogen-bond donors (Lipinski definition) is 0. The van der Waals surface area contributed by atoms with Gasteiger partial charge in [-0.2, -0.15) is 0 Å². The quantitative estimate of drug-likeness (QED) is 0.614. The lowest BCUT2D eigenvalue weighted by Gasteiger charge is -2.26. The van der Waals surface area contributed by atoms with Crippen molar-refractivity contribution in [2.75, 3.05) is 0 Å². The average Bonchev–Trinajstić information content (AvgIpc) is 2.51. The third kappa shape index (κ3) is 1.67.